The number of aromatic nitrogens is 2. The van der Waals surface area contributed by atoms with Crippen LogP contribution in [0.4, 0.5) is 17.6 Å². The zero-order valence-corrected chi connectivity index (χ0v) is 15.6. The zero-order valence-electron chi connectivity index (χ0n) is 14.7. The first-order valence-electron chi connectivity index (χ1n) is 8.80. The van der Waals surface area contributed by atoms with E-state index in [2.05, 4.69) is 10.4 Å². The second-order valence-electron chi connectivity index (χ2n) is 6.95. The van der Waals surface area contributed by atoms with Gasteiger partial charge < -0.3 is 10.2 Å². The smallest absolute Gasteiger partial charge is 0.337 e. The van der Waals surface area contributed by atoms with Crippen molar-refractivity contribution in [2.75, 3.05) is 13.1 Å². The molecule has 0 spiro atoms. The molecular formula is C18H19ClF4N4O. The number of nitrogens with one attached hydrogen (secondary N) is 1. The first-order valence-corrected chi connectivity index (χ1v) is 8.80. The molecule has 2 atom stereocenters. The van der Waals surface area contributed by atoms with E-state index in [9.17, 15) is 22.4 Å². The van der Waals surface area contributed by atoms with E-state index in [0.717, 1.165) is 25.1 Å². The molecule has 152 valence electrons. The molecule has 1 aromatic heterocycles. The molecule has 0 radical (unpaired) electrons. The molecule has 2 aromatic rings. The van der Waals surface area contributed by atoms with Crippen LogP contribution < -0.4 is 5.32 Å². The van der Waals surface area contributed by atoms with E-state index >= 15 is 0 Å². The highest BCUT2D eigenvalue weighted by molar-refractivity contribution is 5.95. The van der Waals surface area contributed by atoms with Gasteiger partial charge in [0.15, 0.2) is 5.69 Å². The number of nitrogens with zero attached hydrogens (tertiary/aromatic N) is 3. The van der Waals surface area contributed by atoms with Crippen LogP contribution in [0.25, 0.3) is 5.69 Å². The van der Waals surface area contributed by atoms with Crippen LogP contribution in [-0.2, 0) is 6.18 Å². The number of para-hydroxylation sites is 1. The molecule has 5 nitrogen and oxygen atoms in total. The van der Waals surface area contributed by atoms with Gasteiger partial charge in [0.1, 0.15) is 11.5 Å². The van der Waals surface area contributed by atoms with Gasteiger partial charge >= 0.3 is 6.18 Å². The van der Waals surface area contributed by atoms with Crippen LogP contribution in [0.15, 0.2) is 30.5 Å². The highest BCUT2D eigenvalue weighted by Crippen LogP contribution is 2.35. The second-order valence-corrected chi connectivity index (χ2v) is 6.95. The van der Waals surface area contributed by atoms with Crippen molar-refractivity contribution in [3.63, 3.8) is 0 Å². The summed E-state index contributed by atoms with van der Waals surface area (Å²) in [6, 6.07) is 5.43. The van der Waals surface area contributed by atoms with Crippen LogP contribution in [0, 0.1) is 5.82 Å². The summed E-state index contributed by atoms with van der Waals surface area (Å²) in [5.74, 6) is -1.57. The maximum Gasteiger partial charge on any atom is 0.434 e. The third-order valence-corrected chi connectivity index (χ3v) is 5.16. The van der Waals surface area contributed by atoms with Gasteiger partial charge in [0, 0.05) is 25.2 Å². The predicted octanol–water partition coefficient (Wildman–Crippen LogP) is 3.42. The molecule has 0 saturated carbocycles. The Hall–Kier alpha value is -2.13. The number of alkyl halides is 3. The van der Waals surface area contributed by atoms with Crippen LogP contribution in [0.3, 0.4) is 0 Å². The van der Waals surface area contributed by atoms with Crippen LogP contribution in [-0.4, -0.2) is 45.8 Å². The number of hydrogen-bond acceptors (Lipinski definition) is 3. The molecule has 28 heavy (non-hydrogen) atoms. The van der Waals surface area contributed by atoms with Crippen molar-refractivity contribution in [1.82, 2.24) is 20.0 Å². The molecule has 2 bridgehead atoms. The lowest BCUT2D eigenvalue weighted by Crippen LogP contribution is -2.39. The van der Waals surface area contributed by atoms with Crippen molar-refractivity contribution in [1.29, 1.82) is 0 Å². The molecule has 2 aliphatic rings. The Labute approximate surface area is 165 Å². The van der Waals surface area contributed by atoms with Gasteiger partial charge in [-0.25, -0.2) is 9.07 Å². The fourth-order valence-electron chi connectivity index (χ4n) is 3.88. The van der Waals surface area contributed by atoms with Crippen molar-refractivity contribution in [2.24, 2.45) is 0 Å². The average molecular weight is 419 g/mol. The van der Waals surface area contributed by atoms with Crippen molar-refractivity contribution < 1.29 is 22.4 Å². The quantitative estimate of drug-likeness (QED) is 0.760. The Morgan fingerprint density at radius 2 is 1.86 bits per heavy atom. The number of carbonyl (C=O) groups is 1. The summed E-state index contributed by atoms with van der Waals surface area (Å²) in [4.78, 5) is 14.3. The highest BCUT2D eigenvalue weighted by atomic mass is 35.5. The van der Waals surface area contributed by atoms with Crippen molar-refractivity contribution in [2.45, 2.75) is 37.5 Å². The fraction of sp³-hybridized carbons (Fsp3) is 0.444. The number of amides is 1. The molecule has 2 aliphatic heterocycles. The lowest BCUT2D eigenvalue weighted by atomic mass is 10.1. The van der Waals surface area contributed by atoms with E-state index in [1.54, 1.807) is 0 Å². The molecular weight excluding hydrogens is 400 g/mol. The molecule has 2 fully saturated rings. The SMILES string of the molecule is Cl.O=C(c1cnn(-c2ccccc2F)c1C(F)(F)F)N1CCC2CCC(C1)N2. The summed E-state index contributed by atoms with van der Waals surface area (Å²) in [6.45, 7) is 0.743. The average Bonchev–Trinajstić information content (AvgIpc) is 3.18. The number of halogens is 5. The number of benzene rings is 1. The minimum absolute atomic E-state index is 0. The van der Waals surface area contributed by atoms with E-state index in [1.807, 2.05) is 0 Å². The Balaban J connectivity index is 0.00000225. The Bertz CT molecular complexity index is 870. The van der Waals surface area contributed by atoms with Gasteiger partial charge in [0.25, 0.3) is 5.91 Å². The third-order valence-electron chi connectivity index (χ3n) is 5.16. The third kappa shape index (κ3) is 3.73. The first kappa shape index (κ1) is 20.6. The largest absolute Gasteiger partial charge is 0.434 e. The minimum atomic E-state index is -4.85. The summed E-state index contributed by atoms with van der Waals surface area (Å²) in [7, 11) is 0. The molecule has 1 N–H and O–H groups in total. The molecule has 4 rings (SSSR count). The van der Waals surface area contributed by atoms with Gasteiger partial charge in [-0.15, -0.1) is 12.4 Å². The maximum absolute atomic E-state index is 14.0. The van der Waals surface area contributed by atoms with Crippen LogP contribution in [0.2, 0.25) is 0 Å². The normalized spacial score (nSPS) is 21.9. The second kappa shape index (κ2) is 7.71. The topological polar surface area (TPSA) is 50.2 Å². The van der Waals surface area contributed by atoms with Crippen LogP contribution >= 0.6 is 12.4 Å². The van der Waals surface area contributed by atoms with Crippen molar-refractivity contribution in [3.8, 4) is 5.69 Å². The van der Waals surface area contributed by atoms with Gasteiger partial charge in [-0.1, -0.05) is 12.1 Å². The van der Waals surface area contributed by atoms with Gasteiger partial charge in [-0.2, -0.15) is 18.3 Å². The Morgan fingerprint density at radius 1 is 1.14 bits per heavy atom. The molecule has 3 heterocycles. The molecule has 10 heteroatoms. The van der Waals surface area contributed by atoms with E-state index < -0.39 is 29.2 Å². The van der Waals surface area contributed by atoms with E-state index in [0.29, 0.717) is 30.2 Å². The molecule has 2 saturated heterocycles. The molecule has 1 aromatic carbocycles. The molecule has 2 unspecified atom stereocenters. The number of rotatable bonds is 2. The first-order chi connectivity index (χ1) is 12.8. The number of hydrogen-bond donors (Lipinski definition) is 1. The number of fused-ring (bicyclic) bond motifs is 2. The summed E-state index contributed by atoms with van der Waals surface area (Å²) in [5, 5.41) is 7.08. The lowest BCUT2D eigenvalue weighted by Gasteiger charge is -2.24. The lowest BCUT2D eigenvalue weighted by molar-refractivity contribution is -0.143. The van der Waals surface area contributed by atoms with Crippen molar-refractivity contribution in [3.05, 3.63) is 47.5 Å². The summed E-state index contributed by atoms with van der Waals surface area (Å²) in [5.41, 5.74) is -2.15. The standard InChI is InChI=1S/C18H18F4N4O.ClH/c19-14-3-1-2-4-15(14)26-16(18(20,21)22)13(9-23-26)17(27)25-8-7-11-5-6-12(10-25)24-11;/h1-4,9,11-12,24H,5-8,10H2;1H. The summed E-state index contributed by atoms with van der Waals surface area (Å²) < 4.78 is 55.7. The van der Waals surface area contributed by atoms with E-state index in [-0.39, 0.29) is 24.1 Å². The Morgan fingerprint density at radius 3 is 2.57 bits per heavy atom. The number of likely N-dealkylation sites (tertiary alicyclic amines) is 1. The molecule has 0 aliphatic carbocycles. The Kier molecular flexibility index (Phi) is 5.67. The van der Waals surface area contributed by atoms with Crippen LogP contribution in [0.5, 0.6) is 0 Å². The zero-order chi connectivity index (χ0) is 19.2. The summed E-state index contributed by atoms with van der Waals surface area (Å²) in [6.07, 6.45) is -1.35. The van der Waals surface area contributed by atoms with E-state index in [1.165, 1.54) is 23.1 Å². The van der Waals surface area contributed by atoms with Gasteiger partial charge in [-0.05, 0) is 31.4 Å². The summed E-state index contributed by atoms with van der Waals surface area (Å²) >= 11 is 0. The van der Waals surface area contributed by atoms with E-state index in [4.69, 9.17) is 0 Å². The van der Waals surface area contributed by atoms with Crippen molar-refractivity contribution >= 4 is 18.3 Å². The fourth-order valence-corrected chi connectivity index (χ4v) is 3.88. The maximum atomic E-state index is 14.0. The number of carbonyl (C=O) groups excluding carboxylic acids is 1. The van der Waals surface area contributed by atoms with Gasteiger partial charge in [0.2, 0.25) is 0 Å². The van der Waals surface area contributed by atoms with Crippen LogP contribution in [0.1, 0.15) is 35.3 Å². The van der Waals surface area contributed by atoms with Gasteiger partial charge in [-0.3, -0.25) is 4.79 Å². The minimum Gasteiger partial charge on any atom is -0.337 e. The highest BCUT2D eigenvalue weighted by Gasteiger charge is 2.42. The monoisotopic (exact) mass is 418 g/mol. The molecule has 1 amide bonds. The predicted molar refractivity (Wildman–Crippen MR) is 96.2 cm³/mol. The van der Waals surface area contributed by atoms with Gasteiger partial charge in [0.05, 0.1) is 11.8 Å².